The van der Waals surface area contributed by atoms with Crippen molar-refractivity contribution in [2.24, 2.45) is 5.92 Å². The lowest BCUT2D eigenvalue weighted by atomic mass is 9.97. The van der Waals surface area contributed by atoms with E-state index in [1.807, 2.05) is 26.0 Å². The minimum atomic E-state index is -0.203. The van der Waals surface area contributed by atoms with Gasteiger partial charge in [0.25, 0.3) is 0 Å². The lowest BCUT2D eigenvalue weighted by Crippen LogP contribution is -2.39. The molecule has 0 unspecified atom stereocenters. The Bertz CT molecular complexity index is 754. The monoisotopic (exact) mass is 376 g/mol. The zero-order valence-electron chi connectivity index (χ0n) is 15.2. The van der Waals surface area contributed by atoms with E-state index >= 15 is 0 Å². The number of carbonyl (C=O) groups is 1. The van der Waals surface area contributed by atoms with Gasteiger partial charge >= 0.3 is 6.03 Å². The van der Waals surface area contributed by atoms with Crippen LogP contribution in [0.1, 0.15) is 30.1 Å². The molecule has 1 aliphatic rings. The maximum absolute atomic E-state index is 12.1. The number of halogens is 1. The molecule has 0 radical (unpaired) electrons. The van der Waals surface area contributed by atoms with Crippen LogP contribution in [-0.2, 0) is 6.54 Å². The van der Waals surface area contributed by atoms with E-state index in [1.165, 1.54) is 0 Å². The molecule has 1 saturated heterocycles. The maximum atomic E-state index is 12.1. The van der Waals surface area contributed by atoms with Crippen LogP contribution in [0.15, 0.2) is 28.7 Å². The van der Waals surface area contributed by atoms with Crippen molar-refractivity contribution in [3.05, 3.63) is 46.6 Å². The van der Waals surface area contributed by atoms with Crippen LogP contribution in [0, 0.1) is 19.8 Å². The first kappa shape index (κ1) is 18.7. The average Bonchev–Trinajstić information content (AvgIpc) is 3.02. The predicted octanol–water partition coefficient (Wildman–Crippen LogP) is 3.98. The molecule has 1 fully saturated rings. The number of furan rings is 1. The molecule has 0 bridgehead atoms. The van der Waals surface area contributed by atoms with Gasteiger partial charge in [0.05, 0.1) is 17.9 Å². The fourth-order valence-electron chi connectivity index (χ4n) is 3.21. The Morgan fingerprint density at radius 3 is 2.69 bits per heavy atom. The Morgan fingerprint density at radius 1 is 1.27 bits per heavy atom. The van der Waals surface area contributed by atoms with Gasteiger partial charge in [0, 0.05) is 6.54 Å². The Morgan fingerprint density at radius 2 is 2.04 bits per heavy atom. The van der Waals surface area contributed by atoms with Gasteiger partial charge < -0.3 is 15.1 Å². The molecule has 0 atom stereocenters. The van der Waals surface area contributed by atoms with Crippen molar-refractivity contribution < 1.29 is 9.21 Å². The quantitative estimate of drug-likeness (QED) is 0.774. The van der Waals surface area contributed by atoms with E-state index in [9.17, 15) is 4.79 Å². The third kappa shape index (κ3) is 5.22. The highest BCUT2D eigenvalue weighted by atomic mass is 35.5. The number of pyridine rings is 1. The van der Waals surface area contributed by atoms with Crippen LogP contribution in [0.25, 0.3) is 0 Å². The van der Waals surface area contributed by atoms with Crippen molar-refractivity contribution in [3.63, 3.8) is 0 Å². The molecular weight excluding hydrogens is 352 g/mol. The van der Waals surface area contributed by atoms with E-state index in [0.29, 0.717) is 29.0 Å². The molecule has 3 rings (SSSR count). The van der Waals surface area contributed by atoms with E-state index in [0.717, 1.165) is 44.0 Å². The second-order valence-corrected chi connectivity index (χ2v) is 7.22. The number of piperidine rings is 1. The van der Waals surface area contributed by atoms with Crippen molar-refractivity contribution in [2.45, 2.75) is 33.2 Å². The number of hydrogen-bond acceptors (Lipinski definition) is 4. The maximum Gasteiger partial charge on any atom is 0.319 e. The van der Waals surface area contributed by atoms with Gasteiger partial charge in [-0.2, -0.15) is 0 Å². The smallest absolute Gasteiger partial charge is 0.319 e. The second kappa shape index (κ2) is 8.56. The van der Waals surface area contributed by atoms with Gasteiger partial charge in [-0.05, 0) is 70.0 Å². The molecule has 2 amide bonds. The van der Waals surface area contributed by atoms with Crippen LogP contribution in [-0.4, -0.2) is 35.5 Å². The molecule has 1 aliphatic heterocycles. The zero-order valence-corrected chi connectivity index (χ0v) is 16.0. The topological polar surface area (TPSA) is 70.4 Å². The number of nitrogens with zero attached hydrogens (tertiary/aromatic N) is 2. The Balaban J connectivity index is 1.38. The highest BCUT2D eigenvalue weighted by Gasteiger charge is 2.20. The van der Waals surface area contributed by atoms with Crippen LogP contribution in [0.3, 0.4) is 0 Å². The van der Waals surface area contributed by atoms with Crippen LogP contribution < -0.4 is 10.6 Å². The van der Waals surface area contributed by atoms with Gasteiger partial charge in [-0.3, -0.25) is 4.90 Å². The zero-order chi connectivity index (χ0) is 18.5. The van der Waals surface area contributed by atoms with Crippen LogP contribution in [0.2, 0.25) is 5.15 Å². The Hall–Kier alpha value is -2.05. The summed E-state index contributed by atoms with van der Waals surface area (Å²) in [6.45, 7) is 7.37. The lowest BCUT2D eigenvalue weighted by Gasteiger charge is -2.31. The summed E-state index contributed by atoms with van der Waals surface area (Å²) >= 11 is 5.83. The average molecular weight is 377 g/mol. The number of anilines is 1. The summed E-state index contributed by atoms with van der Waals surface area (Å²) in [6.07, 6.45) is 2.14. The van der Waals surface area contributed by atoms with Gasteiger partial charge in [-0.15, -0.1) is 0 Å². The van der Waals surface area contributed by atoms with Crippen molar-refractivity contribution in [1.29, 1.82) is 0 Å². The van der Waals surface area contributed by atoms with Crippen LogP contribution >= 0.6 is 11.6 Å². The number of rotatable bonds is 5. The number of likely N-dealkylation sites (tertiary alicyclic amines) is 1. The molecule has 0 saturated carbocycles. The number of carbonyl (C=O) groups excluding carboxylic acids is 1. The minimum Gasteiger partial charge on any atom is -0.465 e. The summed E-state index contributed by atoms with van der Waals surface area (Å²) in [5.74, 6) is 2.47. The number of hydrogen-bond donors (Lipinski definition) is 2. The summed E-state index contributed by atoms with van der Waals surface area (Å²) < 4.78 is 5.65. The van der Waals surface area contributed by atoms with Crippen molar-refractivity contribution >= 4 is 23.3 Å². The van der Waals surface area contributed by atoms with Gasteiger partial charge in [-0.1, -0.05) is 11.6 Å². The molecule has 3 heterocycles. The molecule has 2 aromatic heterocycles. The standard InChI is InChI=1S/C19H25ClN4O2/c1-13-3-4-16(26-13)12-24-9-7-15(8-10-24)11-21-19(25)23-17-5-6-18(20)22-14(17)2/h3-6,15H,7-12H2,1-2H3,(H2,21,23,25). The highest BCUT2D eigenvalue weighted by molar-refractivity contribution is 6.29. The van der Waals surface area contributed by atoms with E-state index in [4.69, 9.17) is 16.0 Å². The fourth-order valence-corrected chi connectivity index (χ4v) is 3.39. The predicted molar refractivity (Wildman–Crippen MR) is 102 cm³/mol. The molecule has 0 aliphatic carbocycles. The first-order valence-corrected chi connectivity index (χ1v) is 9.33. The molecule has 2 N–H and O–H groups in total. The number of amides is 2. The summed E-state index contributed by atoms with van der Waals surface area (Å²) in [5, 5.41) is 6.21. The first-order chi connectivity index (χ1) is 12.5. The molecule has 26 heavy (non-hydrogen) atoms. The highest BCUT2D eigenvalue weighted by Crippen LogP contribution is 2.20. The van der Waals surface area contributed by atoms with E-state index in [2.05, 4.69) is 20.5 Å². The molecule has 0 aromatic carbocycles. The third-order valence-electron chi connectivity index (χ3n) is 4.73. The summed E-state index contributed by atoms with van der Waals surface area (Å²) in [5.41, 5.74) is 1.38. The second-order valence-electron chi connectivity index (χ2n) is 6.83. The molecule has 2 aromatic rings. The van der Waals surface area contributed by atoms with Gasteiger partial charge in [0.15, 0.2) is 0 Å². The van der Waals surface area contributed by atoms with Crippen LogP contribution in [0.4, 0.5) is 10.5 Å². The molecule has 0 spiro atoms. The van der Waals surface area contributed by atoms with E-state index in [-0.39, 0.29) is 6.03 Å². The molecule has 6 nitrogen and oxygen atoms in total. The molecular formula is C19H25ClN4O2. The minimum absolute atomic E-state index is 0.203. The Labute approximate surface area is 158 Å². The van der Waals surface area contributed by atoms with E-state index in [1.54, 1.807) is 12.1 Å². The van der Waals surface area contributed by atoms with Crippen molar-refractivity contribution in [3.8, 4) is 0 Å². The number of aryl methyl sites for hydroxylation is 2. The van der Waals surface area contributed by atoms with E-state index < -0.39 is 0 Å². The third-order valence-corrected chi connectivity index (χ3v) is 4.94. The Kier molecular flexibility index (Phi) is 6.16. The van der Waals surface area contributed by atoms with Crippen molar-refractivity contribution in [1.82, 2.24) is 15.2 Å². The SMILES string of the molecule is Cc1ccc(CN2CCC(CNC(=O)Nc3ccc(Cl)nc3C)CC2)o1. The molecule has 7 heteroatoms. The lowest BCUT2D eigenvalue weighted by molar-refractivity contribution is 0.165. The van der Waals surface area contributed by atoms with Gasteiger partial charge in [0.2, 0.25) is 0 Å². The number of aromatic nitrogens is 1. The summed E-state index contributed by atoms with van der Waals surface area (Å²) in [4.78, 5) is 18.6. The fraction of sp³-hybridized carbons (Fsp3) is 0.474. The van der Waals surface area contributed by atoms with Gasteiger partial charge in [-0.25, -0.2) is 9.78 Å². The van der Waals surface area contributed by atoms with Gasteiger partial charge in [0.1, 0.15) is 16.7 Å². The normalized spacial score (nSPS) is 15.8. The van der Waals surface area contributed by atoms with Crippen molar-refractivity contribution in [2.75, 3.05) is 25.0 Å². The molecule has 140 valence electrons. The number of urea groups is 1. The summed E-state index contributed by atoms with van der Waals surface area (Å²) in [7, 11) is 0. The van der Waals surface area contributed by atoms with Crippen LogP contribution in [0.5, 0.6) is 0 Å². The largest absolute Gasteiger partial charge is 0.465 e. The summed E-state index contributed by atoms with van der Waals surface area (Å²) in [6, 6.07) is 7.27. The number of nitrogens with one attached hydrogen (secondary N) is 2. The first-order valence-electron chi connectivity index (χ1n) is 8.95.